The fourth-order valence-electron chi connectivity index (χ4n) is 2.12. The molecular formula is C14H16Cl2N2O2. The number of nitrogens with one attached hydrogen (secondary N) is 2. The minimum atomic E-state index is -0.0578. The lowest BCUT2D eigenvalue weighted by Gasteiger charge is -2.27. The molecule has 2 heterocycles. The number of carbonyl (C=O) groups is 1. The molecule has 2 aliphatic rings. The number of carbonyl (C=O) groups excluding carboxylic acids is 1. The highest BCUT2D eigenvalue weighted by Gasteiger charge is 2.20. The Morgan fingerprint density at radius 3 is 2.95 bits per heavy atom. The van der Waals surface area contributed by atoms with Crippen molar-refractivity contribution >= 4 is 36.0 Å². The van der Waals surface area contributed by atoms with Crippen LogP contribution in [0.15, 0.2) is 23.8 Å². The van der Waals surface area contributed by atoms with E-state index in [1.165, 1.54) is 0 Å². The van der Waals surface area contributed by atoms with Gasteiger partial charge in [-0.2, -0.15) is 0 Å². The molecule has 0 spiro atoms. The number of fused-ring (bicyclic) bond motifs is 1. The van der Waals surface area contributed by atoms with Crippen molar-refractivity contribution in [1.29, 1.82) is 0 Å². The lowest BCUT2D eigenvalue weighted by atomic mass is 10.0. The molecule has 0 radical (unpaired) electrons. The second-order valence-corrected chi connectivity index (χ2v) is 5.31. The van der Waals surface area contributed by atoms with Crippen LogP contribution in [-0.2, 0) is 4.79 Å². The average molecular weight is 315 g/mol. The maximum Gasteiger partial charge on any atom is 0.250 e. The van der Waals surface area contributed by atoms with Crippen LogP contribution in [0.3, 0.4) is 0 Å². The maximum absolute atomic E-state index is 12.0. The van der Waals surface area contributed by atoms with Crippen LogP contribution in [0.2, 0.25) is 5.02 Å². The summed E-state index contributed by atoms with van der Waals surface area (Å²) < 4.78 is 5.56. The Bertz CT molecular complexity index is 542. The van der Waals surface area contributed by atoms with Crippen molar-refractivity contribution in [3.63, 3.8) is 0 Å². The highest BCUT2D eigenvalue weighted by atomic mass is 35.5. The molecule has 1 fully saturated rings. The van der Waals surface area contributed by atoms with Gasteiger partial charge in [0.05, 0.1) is 5.57 Å². The highest BCUT2D eigenvalue weighted by molar-refractivity contribution is 6.30. The molecule has 0 aliphatic carbocycles. The van der Waals surface area contributed by atoms with Gasteiger partial charge in [0.2, 0.25) is 0 Å². The fraction of sp³-hybridized carbons (Fsp3) is 0.357. The minimum absolute atomic E-state index is 0. The van der Waals surface area contributed by atoms with Gasteiger partial charge in [0.25, 0.3) is 5.91 Å². The van der Waals surface area contributed by atoms with Crippen LogP contribution in [-0.4, -0.2) is 32.1 Å². The normalized spacial score (nSPS) is 16.9. The second kappa shape index (κ2) is 6.48. The summed E-state index contributed by atoms with van der Waals surface area (Å²) in [6.07, 6.45) is 1.85. The quantitative estimate of drug-likeness (QED) is 0.895. The first-order chi connectivity index (χ1) is 9.22. The number of hydrogen-bond acceptors (Lipinski definition) is 3. The van der Waals surface area contributed by atoms with Crippen molar-refractivity contribution in [2.24, 2.45) is 5.92 Å². The summed E-state index contributed by atoms with van der Waals surface area (Å²) in [6, 6.07) is 5.41. The zero-order chi connectivity index (χ0) is 13.2. The topological polar surface area (TPSA) is 50.4 Å². The number of hydrogen-bond donors (Lipinski definition) is 2. The van der Waals surface area contributed by atoms with Gasteiger partial charge in [0.15, 0.2) is 0 Å². The summed E-state index contributed by atoms with van der Waals surface area (Å²) in [4.78, 5) is 12.0. The van der Waals surface area contributed by atoms with Crippen LogP contribution >= 0.6 is 24.0 Å². The van der Waals surface area contributed by atoms with Crippen LogP contribution in [0.25, 0.3) is 6.08 Å². The van der Waals surface area contributed by atoms with Gasteiger partial charge < -0.3 is 15.4 Å². The molecule has 4 nitrogen and oxygen atoms in total. The largest absolute Gasteiger partial charge is 0.488 e. The molecule has 6 heteroatoms. The molecule has 3 rings (SSSR count). The highest BCUT2D eigenvalue weighted by Crippen LogP contribution is 2.28. The molecule has 1 amide bonds. The first kappa shape index (κ1) is 15.2. The Balaban J connectivity index is 0.00000147. The molecule has 2 aliphatic heterocycles. The number of amides is 1. The average Bonchev–Trinajstić information content (AvgIpc) is 2.35. The lowest BCUT2D eigenvalue weighted by molar-refractivity contribution is -0.118. The number of benzene rings is 1. The molecule has 0 saturated carbocycles. The predicted octanol–water partition coefficient (Wildman–Crippen LogP) is 1.87. The molecule has 0 atom stereocenters. The summed E-state index contributed by atoms with van der Waals surface area (Å²) in [5, 5.41) is 6.76. The van der Waals surface area contributed by atoms with Gasteiger partial charge in [0, 0.05) is 36.1 Å². The standard InChI is InChI=1S/C14H15ClN2O2.ClH/c15-12-1-2-13-10(4-12)3-11(8-19-13)14(18)17-7-9-5-16-6-9;/h1-4,9,16H,5-8H2,(H,17,18);1H. The van der Waals surface area contributed by atoms with Crippen molar-refractivity contribution in [2.45, 2.75) is 0 Å². The third-order valence-electron chi connectivity index (χ3n) is 3.39. The van der Waals surface area contributed by atoms with E-state index in [0.29, 0.717) is 29.7 Å². The summed E-state index contributed by atoms with van der Waals surface area (Å²) in [5.74, 6) is 1.26. The van der Waals surface area contributed by atoms with Crippen LogP contribution < -0.4 is 15.4 Å². The van der Waals surface area contributed by atoms with E-state index in [4.69, 9.17) is 16.3 Å². The van der Waals surface area contributed by atoms with Gasteiger partial charge in [0.1, 0.15) is 12.4 Å². The summed E-state index contributed by atoms with van der Waals surface area (Å²) in [6.45, 7) is 2.98. The number of rotatable bonds is 3. The molecule has 1 aromatic rings. The predicted molar refractivity (Wildman–Crippen MR) is 81.5 cm³/mol. The second-order valence-electron chi connectivity index (χ2n) is 4.87. The monoisotopic (exact) mass is 314 g/mol. The van der Waals surface area contributed by atoms with Crippen LogP contribution in [0.5, 0.6) is 5.75 Å². The fourth-order valence-corrected chi connectivity index (χ4v) is 2.30. The molecular weight excluding hydrogens is 299 g/mol. The number of ether oxygens (including phenoxy) is 1. The maximum atomic E-state index is 12.0. The van der Waals surface area contributed by atoms with Crippen LogP contribution in [0.4, 0.5) is 0 Å². The lowest BCUT2D eigenvalue weighted by Crippen LogP contribution is -2.48. The van der Waals surface area contributed by atoms with Gasteiger partial charge >= 0.3 is 0 Å². The molecule has 0 unspecified atom stereocenters. The molecule has 20 heavy (non-hydrogen) atoms. The van der Waals surface area contributed by atoms with Gasteiger partial charge in [-0.1, -0.05) is 11.6 Å². The smallest absolute Gasteiger partial charge is 0.250 e. The Kier molecular flexibility index (Phi) is 4.91. The zero-order valence-corrected chi connectivity index (χ0v) is 12.4. The van der Waals surface area contributed by atoms with Gasteiger partial charge in [-0.05, 0) is 24.3 Å². The van der Waals surface area contributed by atoms with E-state index >= 15 is 0 Å². The minimum Gasteiger partial charge on any atom is -0.488 e. The molecule has 1 saturated heterocycles. The van der Waals surface area contributed by atoms with E-state index in [-0.39, 0.29) is 18.3 Å². The molecule has 2 N–H and O–H groups in total. The van der Waals surface area contributed by atoms with Crippen molar-refractivity contribution in [3.8, 4) is 5.75 Å². The Hall–Kier alpha value is -1.23. The van der Waals surface area contributed by atoms with Gasteiger partial charge in [-0.15, -0.1) is 12.4 Å². The van der Waals surface area contributed by atoms with E-state index in [0.717, 1.165) is 24.4 Å². The van der Waals surface area contributed by atoms with Crippen LogP contribution in [0, 0.1) is 5.92 Å². The molecule has 108 valence electrons. The zero-order valence-electron chi connectivity index (χ0n) is 10.8. The van der Waals surface area contributed by atoms with Gasteiger partial charge in [-0.25, -0.2) is 0 Å². The van der Waals surface area contributed by atoms with Crippen molar-refractivity contribution < 1.29 is 9.53 Å². The third kappa shape index (κ3) is 3.26. The van der Waals surface area contributed by atoms with Gasteiger partial charge in [-0.3, -0.25) is 4.79 Å². The Labute approximate surface area is 128 Å². The first-order valence-corrected chi connectivity index (χ1v) is 6.72. The molecule has 0 aromatic heterocycles. The first-order valence-electron chi connectivity index (χ1n) is 6.34. The van der Waals surface area contributed by atoms with E-state index in [2.05, 4.69) is 10.6 Å². The summed E-state index contributed by atoms with van der Waals surface area (Å²) >= 11 is 5.94. The van der Waals surface area contributed by atoms with E-state index in [1.54, 1.807) is 12.1 Å². The third-order valence-corrected chi connectivity index (χ3v) is 3.63. The molecule has 1 aromatic carbocycles. The number of halogens is 2. The summed E-state index contributed by atoms with van der Waals surface area (Å²) in [7, 11) is 0. The van der Waals surface area contributed by atoms with E-state index in [9.17, 15) is 4.79 Å². The molecule has 0 bridgehead atoms. The SMILES string of the molecule is Cl.O=C(NCC1CNC1)C1=Cc2cc(Cl)ccc2OC1. The van der Waals surface area contributed by atoms with Crippen molar-refractivity contribution in [3.05, 3.63) is 34.4 Å². The van der Waals surface area contributed by atoms with E-state index < -0.39 is 0 Å². The Morgan fingerprint density at radius 1 is 1.45 bits per heavy atom. The van der Waals surface area contributed by atoms with Crippen molar-refractivity contribution in [1.82, 2.24) is 10.6 Å². The Morgan fingerprint density at radius 2 is 2.25 bits per heavy atom. The van der Waals surface area contributed by atoms with Crippen LogP contribution in [0.1, 0.15) is 5.56 Å². The van der Waals surface area contributed by atoms with E-state index in [1.807, 2.05) is 12.1 Å². The van der Waals surface area contributed by atoms with Crippen molar-refractivity contribution in [2.75, 3.05) is 26.2 Å². The summed E-state index contributed by atoms with van der Waals surface area (Å²) in [5.41, 5.74) is 1.50.